The van der Waals surface area contributed by atoms with Gasteiger partial charge in [-0.1, -0.05) is 54.6 Å². The summed E-state index contributed by atoms with van der Waals surface area (Å²) in [6.07, 6.45) is 2.09. The molecule has 2 aromatic rings. The maximum absolute atomic E-state index is 5.96. The minimum Gasteiger partial charge on any atom is -0.375 e. The van der Waals surface area contributed by atoms with Crippen molar-refractivity contribution in [3.8, 4) is 0 Å². The van der Waals surface area contributed by atoms with Crippen LogP contribution in [-0.4, -0.2) is 10.1 Å². The molecule has 1 aliphatic carbocycles. The van der Waals surface area contributed by atoms with Gasteiger partial charge in [0.25, 0.3) is 0 Å². The second-order valence-corrected chi connectivity index (χ2v) is 6.10. The zero-order valence-corrected chi connectivity index (χ0v) is 12.9. The molecule has 0 saturated heterocycles. The van der Waals surface area contributed by atoms with Crippen LogP contribution in [0.2, 0.25) is 0 Å². The average Bonchev–Trinajstić information content (AvgIpc) is 2.96. The number of benzene rings is 2. The maximum atomic E-state index is 5.96. The highest BCUT2D eigenvalue weighted by Crippen LogP contribution is 2.43. The molecule has 1 heterocycles. The fourth-order valence-corrected chi connectivity index (χ4v) is 3.59. The molecule has 1 unspecified atom stereocenters. The number of fused-ring (bicyclic) bond motifs is 2. The van der Waals surface area contributed by atoms with Crippen LogP contribution in [0.1, 0.15) is 29.2 Å². The van der Waals surface area contributed by atoms with E-state index in [1.807, 2.05) is 11.1 Å². The normalized spacial score (nSPS) is 19.8. The van der Waals surface area contributed by atoms with Gasteiger partial charge in [-0.2, -0.15) is 0 Å². The monoisotopic (exact) mass is 307 g/mol. The Morgan fingerprint density at radius 3 is 2.55 bits per heavy atom. The van der Waals surface area contributed by atoms with E-state index in [1.54, 1.807) is 0 Å². The lowest BCUT2D eigenvalue weighted by atomic mass is 9.85. The third kappa shape index (κ3) is 2.03. The Labute approximate surface area is 135 Å². The van der Waals surface area contributed by atoms with Gasteiger partial charge in [0.1, 0.15) is 0 Å². The third-order valence-electron chi connectivity index (χ3n) is 4.42. The molecule has 0 aromatic heterocycles. The summed E-state index contributed by atoms with van der Waals surface area (Å²) < 4.78 is 0. The quantitative estimate of drug-likeness (QED) is 0.794. The summed E-state index contributed by atoms with van der Waals surface area (Å²) in [4.78, 5) is 0. The van der Waals surface area contributed by atoms with Gasteiger partial charge < -0.3 is 5.73 Å². The number of thiocarbonyl (C=S) groups is 1. The lowest BCUT2D eigenvalue weighted by Crippen LogP contribution is -2.41. The number of nitrogens with zero attached hydrogens (tertiary/aromatic N) is 1. The Balaban J connectivity index is 1.87. The molecule has 110 valence electrons. The average molecular weight is 307 g/mol. The Hall–Kier alpha value is -2.17. The van der Waals surface area contributed by atoms with Crippen LogP contribution in [-0.2, 0) is 6.42 Å². The Bertz CT molecular complexity index is 767. The number of hydrazine groups is 1. The van der Waals surface area contributed by atoms with Crippen LogP contribution in [0.5, 0.6) is 0 Å². The van der Waals surface area contributed by atoms with Crippen molar-refractivity contribution in [2.24, 2.45) is 5.73 Å². The highest BCUT2D eigenvalue weighted by molar-refractivity contribution is 7.80. The lowest BCUT2D eigenvalue weighted by molar-refractivity contribution is 0.418. The summed E-state index contributed by atoms with van der Waals surface area (Å²) in [5.74, 6) is 0. The first kappa shape index (κ1) is 13.5. The molecule has 4 heteroatoms. The fourth-order valence-electron chi connectivity index (χ4n) is 3.44. The van der Waals surface area contributed by atoms with E-state index in [1.165, 1.54) is 22.3 Å². The van der Waals surface area contributed by atoms with E-state index in [4.69, 9.17) is 18.0 Å². The second-order valence-electron chi connectivity index (χ2n) is 5.68. The molecule has 0 bridgehead atoms. The van der Waals surface area contributed by atoms with Gasteiger partial charge in [0.05, 0.1) is 11.7 Å². The zero-order valence-electron chi connectivity index (χ0n) is 12.1. The van der Waals surface area contributed by atoms with Crippen molar-refractivity contribution >= 4 is 23.0 Å². The van der Waals surface area contributed by atoms with Crippen molar-refractivity contribution in [3.63, 3.8) is 0 Å². The van der Waals surface area contributed by atoms with Gasteiger partial charge in [0, 0.05) is 5.56 Å². The van der Waals surface area contributed by atoms with E-state index in [0.29, 0.717) is 5.11 Å². The summed E-state index contributed by atoms with van der Waals surface area (Å²) in [6.45, 7) is 0. The minimum absolute atomic E-state index is 0.144. The van der Waals surface area contributed by atoms with E-state index in [0.717, 1.165) is 18.5 Å². The second kappa shape index (κ2) is 5.23. The van der Waals surface area contributed by atoms with Gasteiger partial charge in [0.2, 0.25) is 0 Å². The van der Waals surface area contributed by atoms with Crippen molar-refractivity contribution in [1.82, 2.24) is 10.4 Å². The summed E-state index contributed by atoms with van der Waals surface area (Å²) >= 11 is 5.26. The highest BCUT2D eigenvalue weighted by Gasteiger charge is 2.36. The molecule has 0 saturated carbocycles. The zero-order chi connectivity index (χ0) is 15.1. The molecule has 22 heavy (non-hydrogen) atoms. The third-order valence-corrected chi connectivity index (χ3v) is 4.61. The van der Waals surface area contributed by atoms with Crippen LogP contribution in [0.15, 0.2) is 60.2 Å². The fraction of sp³-hybridized carbons (Fsp3) is 0.167. The van der Waals surface area contributed by atoms with Crippen molar-refractivity contribution < 1.29 is 0 Å². The van der Waals surface area contributed by atoms with E-state index in [2.05, 4.69) is 54.0 Å². The van der Waals surface area contributed by atoms with Crippen LogP contribution in [0.25, 0.3) is 5.70 Å². The van der Waals surface area contributed by atoms with Crippen molar-refractivity contribution in [2.45, 2.75) is 18.9 Å². The van der Waals surface area contributed by atoms with Crippen LogP contribution < -0.4 is 11.2 Å². The molecule has 4 rings (SSSR count). The molecule has 1 aliphatic heterocycles. The van der Waals surface area contributed by atoms with Crippen LogP contribution in [0.4, 0.5) is 0 Å². The number of rotatable bonds is 1. The van der Waals surface area contributed by atoms with Gasteiger partial charge in [-0.05, 0) is 41.8 Å². The molecule has 0 fully saturated rings. The van der Waals surface area contributed by atoms with Gasteiger partial charge in [-0.25, -0.2) is 5.43 Å². The SMILES string of the molecule is NC(=S)N1NC(c2ccccc2)C2=C1c1ccccc1CC2. The van der Waals surface area contributed by atoms with Gasteiger partial charge >= 0.3 is 0 Å². The first-order valence-electron chi connectivity index (χ1n) is 7.47. The number of hydrogen-bond acceptors (Lipinski definition) is 2. The smallest absolute Gasteiger partial charge is 0.185 e. The Kier molecular flexibility index (Phi) is 3.21. The van der Waals surface area contributed by atoms with Crippen LogP contribution in [0, 0.1) is 0 Å². The molecular weight excluding hydrogens is 290 g/mol. The first-order valence-corrected chi connectivity index (χ1v) is 7.88. The summed E-state index contributed by atoms with van der Waals surface area (Å²) in [5.41, 5.74) is 15.8. The summed E-state index contributed by atoms with van der Waals surface area (Å²) in [7, 11) is 0. The maximum Gasteiger partial charge on any atom is 0.185 e. The van der Waals surface area contributed by atoms with E-state index >= 15 is 0 Å². The van der Waals surface area contributed by atoms with E-state index in [9.17, 15) is 0 Å². The van der Waals surface area contributed by atoms with Gasteiger partial charge in [-0.15, -0.1) is 0 Å². The summed E-state index contributed by atoms with van der Waals surface area (Å²) in [5, 5.41) is 2.24. The Morgan fingerprint density at radius 1 is 1.05 bits per heavy atom. The lowest BCUT2D eigenvalue weighted by Gasteiger charge is -2.24. The van der Waals surface area contributed by atoms with E-state index in [-0.39, 0.29) is 6.04 Å². The van der Waals surface area contributed by atoms with Gasteiger partial charge in [0.15, 0.2) is 5.11 Å². The van der Waals surface area contributed by atoms with Crippen molar-refractivity contribution in [2.75, 3.05) is 0 Å². The minimum atomic E-state index is 0.144. The van der Waals surface area contributed by atoms with Crippen molar-refractivity contribution in [1.29, 1.82) is 0 Å². The van der Waals surface area contributed by atoms with Crippen LogP contribution in [0.3, 0.4) is 0 Å². The largest absolute Gasteiger partial charge is 0.375 e. The molecular formula is C18H17N3S. The molecule has 2 aliphatic rings. The molecule has 0 spiro atoms. The molecule has 3 nitrogen and oxygen atoms in total. The Morgan fingerprint density at radius 2 is 1.77 bits per heavy atom. The molecule has 0 radical (unpaired) electrons. The van der Waals surface area contributed by atoms with Gasteiger partial charge in [-0.3, -0.25) is 5.01 Å². The van der Waals surface area contributed by atoms with Crippen LogP contribution >= 0.6 is 12.2 Å². The molecule has 3 N–H and O–H groups in total. The molecule has 2 aromatic carbocycles. The predicted octanol–water partition coefficient (Wildman–Crippen LogP) is 3.15. The number of hydrogen-bond donors (Lipinski definition) is 2. The summed E-state index contributed by atoms with van der Waals surface area (Å²) in [6, 6.07) is 19.1. The number of nitrogens with two attached hydrogens (primary N) is 1. The predicted molar refractivity (Wildman–Crippen MR) is 92.6 cm³/mol. The number of nitrogens with one attached hydrogen (secondary N) is 1. The molecule has 0 amide bonds. The standard InChI is InChI=1S/C18H17N3S/c19-18(22)21-17-14-9-5-4-6-12(14)10-11-15(17)16(20-21)13-7-2-1-3-8-13/h1-9,16,20H,10-11H2,(H2,19,22). The topological polar surface area (TPSA) is 41.3 Å². The van der Waals surface area contributed by atoms with E-state index < -0.39 is 0 Å². The van der Waals surface area contributed by atoms with Crippen molar-refractivity contribution in [3.05, 3.63) is 76.9 Å². The molecule has 1 atom stereocenters. The first-order chi connectivity index (χ1) is 10.8. The number of aryl methyl sites for hydroxylation is 1. The highest BCUT2D eigenvalue weighted by atomic mass is 32.1.